The highest BCUT2D eigenvalue weighted by atomic mass is 79.9. The summed E-state index contributed by atoms with van der Waals surface area (Å²) in [7, 11) is 4.71. The first-order valence-corrected chi connectivity index (χ1v) is 11.3. The molecular formula is C23H22BrN5O5. The minimum atomic E-state index is -0.230. The van der Waals surface area contributed by atoms with E-state index in [4.69, 9.17) is 18.9 Å². The number of amides is 1. The molecule has 10 nitrogen and oxygen atoms in total. The van der Waals surface area contributed by atoms with Crippen molar-refractivity contribution in [3.63, 3.8) is 0 Å². The molecule has 11 heteroatoms. The van der Waals surface area contributed by atoms with Gasteiger partial charge in [-0.2, -0.15) is 5.10 Å². The van der Waals surface area contributed by atoms with E-state index >= 15 is 0 Å². The number of methoxy groups -OCH3 is 3. The van der Waals surface area contributed by atoms with Crippen LogP contribution in [0.15, 0.2) is 49.1 Å². The number of fused-ring (bicyclic) bond motifs is 1. The zero-order valence-corrected chi connectivity index (χ0v) is 20.3. The van der Waals surface area contributed by atoms with Gasteiger partial charge in [0.2, 0.25) is 11.8 Å². The summed E-state index contributed by atoms with van der Waals surface area (Å²) >= 11 is 3.43. The van der Waals surface area contributed by atoms with Crippen LogP contribution in [0, 0.1) is 0 Å². The number of alkyl halides is 1. The quantitative estimate of drug-likeness (QED) is 0.323. The Morgan fingerprint density at radius 2 is 1.82 bits per heavy atom. The Labute approximate surface area is 203 Å². The maximum atomic E-state index is 12.6. The first-order chi connectivity index (χ1) is 16.5. The third kappa shape index (κ3) is 5.04. The number of benzene rings is 2. The molecule has 0 unspecified atom stereocenters. The first kappa shape index (κ1) is 23.3. The second kappa shape index (κ2) is 10.4. The van der Waals surface area contributed by atoms with E-state index in [2.05, 4.69) is 36.3 Å². The lowest BCUT2D eigenvalue weighted by molar-refractivity contribution is -0.116. The maximum Gasteiger partial charge on any atom is 0.246 e. The highest BCUT2D eigenvalue weighted by Crippen LogP contribution is 2.35. The average Bonchev–Trinajstić information content (AvgIpc) is 3.29. The van der Waals surface area contributed by atoms with Gasteiger partial charge in [-0.05, 0) is 29.8 Å². The average molecular weight is 528 g/mol. The van der Waals surface area contributed by atoms with Gasteiger partial charge in [0.15, 0.2) is 17.2 Å². The summed E-state index contributed by atoms with van der Waals surface area (Å²) in [5, 5.41) is 8.33. The molecule has 0 fully saturated rings. The van der Waals surface area contributed by atoms with E-state index < -0.39 is 0 Å². The molecule has 0 saturated heterocycles. The number of hydrogen-bond acceptors (Lipinski definition) is 8. The molecule has 0 aliphatic rings. The van der Waals surface area contributed by atoms with Crippen LogP contribution in [0.25, 0.3) is 10.9 Å². The molecular weight excluding hydrogens is 506 g/mol. The standard InChI is InChI=1S/C23H22BrN5O5/c1-31-15-4-5-18(14(6-15)9-24)28-22(30)12-29-11-16(10-27-29)34-23-17-7-20(32-2)21(33-3)8-19(17)25-13-26-23/h4-8,10-11,13H,9,12H2,1-3H3,(H,28,30). The lowest BCUT2D eigenvalue weighted by Crippen LogP contribution is -2.19. The molecule has 1 amide bonds. The van der Waals surface area contributed by atoms with Crippen LogP contribution >= 0.6 is 15.9 Å². The number of rotatable bonds is 9. The Hall–Kier alpha value is -3.86. The van der Waals surface area contributed by atoms with Gasteiger partial charge < -0.3 is 24.3 Å². The van der Waals surface area contributed by atoms with Gasteiger partial charge in [-0.1, -0.05) is 15.9 Å². The molecule has 0 aliphatic heterocycles. The fraction of sp³-hybridized carbons (Fsp3) is 0.217. The van der Waals surface area contributed by atoms with Crippen molar-refractivity contribution >= 4 is 38.4 Å². The molecule has 2 aromatic carbocycles. The minimum Gasteiger partial charge on any atom is -0.497 e. The summed E-state index contributed by atoms with van der Waals surface area (Å²) < 4.78 is 23.3. The van der Waals surface area contributed by atoms with Crippen molar-refractivity contribution in [1.29, 1.82) is 0 Å². The molecule has 0 radical (unpaired) electrons. The Morgan fingerprint density at radius 1 is 1.03 bits per heavy atom. The number of carbonyl (C=O) groups excluding carboxylic acids is 1. The SMILES string of the molecule is COc1ccc(NC(=O)Cn2cc(Oc3ncnc4cc(OC)c(OC)cc34)cn2)c(CBr)c1. The van der Waals surface area contributed by atoms with E-state index in [0.717, 1.165) is 11.3 Å². The molecule has 0 aliphatic carbocycles. The fourth-order valence-corrected chi connectivity index (χ4v) is 3.77. The molecule has 176 valence electrons. The van der Waals surface area contributed by atoms with Crippen molar-refractivity contribution in [3.8, 4) is 28.9 Å². The summed E-state index contributed by atoms with van der Waals surface area (Å²) in [6, 6.07) is 8.95. The lowest BCUT2D eigenvalue weighted by Gasteiger charge is -2.11. The highest BCUT2D eigenvalue weighted by Gasteiger charge is 2.14. The van der Waals surface area contributed by atoms with Crippen LogP contribution in [0.3, 0.4) is 0 Å². The van der Waals surface area contributed by atoms with Gasteiger partial charge >= 0.3 is 0 Å². The van der Waals surface area contributed by atoms with Gasteiger partial charge in [0, 0.05) is 17.1 Å². The molecule has 0 saturated carbocycles. The van der Waals surface area contributed by atoms with E-state index in [1.807, 2.05) is 6.07 Å². The van der Waals surface area contributed by atoms with Crippen molar-refractivity contribution in [2.45, 2.75) is 11.9 Å². The Kier molecular flexibility index (Phi) is 7.12. The molecule has 2 heterocycles. The van der Waals surface area contributed by atoms with Crippen LogP contribution in [0.1, 0.15) is 5.56 Å². The van der Waals surface area contributed by atoms with Gasteiger partial charge in [-0.25, -0.2) is 9.97 Å². The van der Waals surface area contributed by atoms with Crippen molar-refractivity contribution in [2.75, 3.05) is 26.6 Å². The Bertz CT molecular complexity index is 1330. The number of hydrogen-bond donors (Lipinski definition) is 1. The summed E-state index contributed by atoms with van der Waals surface area (Å²) in [4.78, 5) is 21.1. The molecule has 1 N–H and O–H groups in total. The lowest BCUT2D eigenvalue weighted by atomic mass is 10.2. The van der Waals surface area contributed by atoms with Crippen molar-refractivity contribution in [1.82, 2.24) is 19.7 Å². The van der Waals surface area contributed by atoms with Gasteiger partial charge in [-0.15, -0.1) is 0 Å². The van der Waals surface area contributed by atoms with Crippen LogP contribution in [0.4, 0.5) is 5.69 Å². The number of anilines is 1. The summed E-state index contributed by atoms with van der Waals surface area (Å²) in [6.07, 6.45) is 4.53. The molecule has 0 bridgehead atoms. The summed E-state index contributed by atoms with van der Waals surface area (Å²) in [6.45, 7) is 0.00661. The zero-order chi connectivity index (χ0) is 24.1. The van der Waals surface area contributed by atoms with E-state index in [1.54, 1.807) is 51.8 Å². The smallest absolute Gasteiger partial charge is 0.246 e. The number of carbonyl (C=O) groups is 1. The molecule has 4 rings (SSSR count). The number of nitrogens with zero attached hydrogens (tertiary/aromatic N) is 4. The van der Waals surface area contributed by atoms with E-state index in [1.165, 1.54) is 17.2 Å². The van der Waals surface area contributed by atoms with Crippen LogP contribution in [0.5, 0.6) is 28.9 Å². The van der Waals surface area contributed by atoms with Gasteiger partial charge in [0.1, 0.15) is 18.6 Å². The van der Waals surface area contributed by atoms with Crippen LogP contribution in [-0.4, -0.2) is 47.0 Å². The van der Waals surface area contributed by atoms with Crippen LogP contribution in [0.2, 0.25) is 0 Å². The van der Waals surface area contributed by atoms with Crippen molar-refractivity contribution in [3.05, 3.63) is 54.6 Å². The largest absolute Gasteiger partial charge is 0.497 e. The normalized spacial score (nSPS) is 10.7. The molecule has 0 spiro atoms. The number of nitrogens with one attached hydrogen (secondary N) is 1. The predicted octanol–water partition coefficient (Wildman–Crippen LogP) is 4.18. The molecule has 34 heavy (non-hydrogen) atoms. The Morgan fingerprint density at radius 3 is 2.56 bits per heavy atom. The summed E-state index contributed by atoms with van der Waals surface area (Å²) in [5.74, 6) is 2.33. The number of aromatic nitrogens is 4. The maximum absolute atomic E-state index is 12.6. The molecule has 0 atom stereocenters. The topological polar surface area (TPSA) is 110 Å². The first-order valence-electron chi connectivity index (χ1n) is 10.1. The fourth-order valence-electron chi connectivity index (χ4n) is 3.30. The molecule has 4 aromatic rings. The van der Waals surface area contributed by atoms with Crippen LogP contribution < -0.4 is 24.3 Å². The number of ether oxygens (including phenoxy) is 4. The predicted molar refractivity (Wildman–Crippen MR) is 129 cm³/mol. The van der Waals surface area contributed by atoms with Gasteiger partial charge in [-0.3, -0.25) is 9.48 Å². The van der Waals surface area contributed by atoms with Gasteiger partial charge in [0.25, 0.3) is 0 Å². The molecule has 2 aromatic heterocycles. The minimum absolute atomic E-state index is 0.00661. The van der Waals surface area contributed by atoms with Gasteiger partial charge in [0.05, 0.1) is 44.6 Å². The highest BCUT2D eigenvalue weighted by molar-refractivity contribution is 9.08. The van der Waals surface area contributed by atoms with Crippen molar-refractivity contribution in [2.24, 2.45) is 0 Å². The second-order valence-electron chi connectivity index (χ2n) is 7.08. The van der Waals surface area contributed by atoms with E-state index in [-0.39, 0.29) is 12.5 Å². The summed E-state index contributed by atoms with van der Waals surface area (Å²) in [5.41, 5.74) is 2.24. The Balaban J connectivity index is 1.48. The third-order valence-corrected chi connectivity index (χ3v) is 5.57. The second-order valence-corrected chi connectivity index (χ2v) is 7.64. The number of halogens is 1. The van der Waals surface area contributed by atoms with Crippen molar-refractivity contribution < 1.29 is 23.7 Å². The third-order valence-electron chi connectivity index (χ3n) is 4.96. The van der Waals surface area contributed by atoms with E-state index in [9.17, 15) is 4.79 Å². The van der Waals surface area contributed by atoms with Crippen LogP contribution in [-0.2, 0) is 16.7 Å². The zero-order valence-electron chi connectivity index (χ0n) is 18.7. The monoisotopic (exact) mass is 527 g/mol. The van der Waals surface area contributed by atoms with E-state index in [0.29, 0.717) is 45.0 Å².